The van der Waals surface area contributed by atoms with Gasteiger partial charge < -0.3 is 5.73 Å². The van der Waals surface area contributed by atoms with Crippen LogP contribution in [0, 0.1) is 0 Å². The number of fused-ring (bicyclic) bond motifs is 1. The molecule has 74 valence electrons. The van der Waals surface area contributed by atoms with E-state index in [4.69, 9.17) is 5.73 Å². The first-order valence-corrected chi connectivity index (χ1v) is 6.54. The molecule has 1 saturated carbocycles. The molecular weight excluding hydrogens is 212 g/mol. The first-order chi connectivity index (χ1) is 6.86. The van der Waals surface area contributed by atoms with Gasteiger partial charge in [-0.25, -0.2) is 0 Å². The van der Waals surface area contributed by atoms with Gasteiger partial charge in [0.1, 0.15) is 0 Å². The zero-order chi connectivity index (χ0) is 9.60. The number of aromatic nitrogens is 1. The highest BCUT2D eigenvalue weighted by atomic mass is 32.1. The molecule has 0 aliphatic heterocycles. The van der Waals surface area contributed by atoms with Crippen LogP contribution in [-0.4, -0.2) is 10.9 Å². The monoisotopic (exact) mass is 224 g/mol. The zero-order valence-electron chi connectivity index (χ0n) is 7.82. The summed E-state index contributed by atoms with van der Waals surface area (Å²) in [5.74, 6) is 0. The largest absolute Gasteiger partial charge is 0.330 e. The second-order valence-electron chi connectivity index (χ2n) is 3.98. The predicted molar refractivity (Wildman–Crippen MR) is 62.1 cm³/mol. The molecular formula is C10H12N2S2. The van der Waals surface area contributed by atoms with Gasteiger partial charge in [0.05, 0.1) is 15.1 Å². The molecule has 2 aromatic heterocycles. The third-order valence-electron chi connectivity index (χ3n) is 3.28. The molecule has 0 spiro atoms. The first-order valence-electron chi connectivity index (χ1n) is 4.89. The third-order valence-corrected chi connectivity index (χ3v) is 5.14. The summed E-state index contributed by atoms with van der Waals surface area (Å²) in [5.41, 5.74) is 7.39. The Morgan fingerprint density at radius 2 is 2.36 bits per heavy atom. The molecule has 0 saturated heterocycles. The molecule has 2 aromatic rings. The van der Waals surface area contributed by atoms with Crippen LogP contribution in [0.1, 0.15) is 25.0 Å². The van der Waals surface area contributed by atoms with E-state index in [-0.39, 0.29) is 5.41 Å². The number of thiophene rings is 1. The minimum Gasteiger partial charge on any atom is -0.330 e. The highest BCUT2D eigenvalue weighted by Gasteiger charge is 2.40. The molecule has 0 aromatic carbocycles. The van der Waals surface area contributed by atoms with Crippen LogP contribution in [0.3, 0.4) is 0 Å². The van der Waals surface area contributed by atoms with Gasteiger partial charge in [-0.3, -0.25) is 0 Å². The Labute approximate surface area is 90.9 Å². The van der Waals surface area contributed by atoms with Crippen LogP contribution in [0.2, 0.25) is 0 Å². The number of nitrogens with two attached hydrogens (primary N) is 1. The molecule has 0 amide bonds. The van der Waals surface area contributed by atoms with Crippen LogP contribution in [0.15, 0.2) is 11.4 Å². The molecule has 2 nitrogen and oxygen atoms in total. The number of nitrogens with zero attached hydrogens (tertiary/aromatic N) is 1. The molecule has 0 radical (unpaired) electrons. The Morgan fingerprint density at radius 3 is 3.00 bits per heavy atom. The Balaban J connectivity index is 2.16. The fourth-order valence-corrected chi connectivity index (χ4v) is 4.24. The highest BCUT2D eigenvalue weighted by molar-refractivity contribution is 7.24. The van der Waals surface area contributed by atoms with Crippen molar-refractivity contribution in [1.82, 2.24) is 4.37 Å². The molecule has 1 aliphatic rings. The van der Waals surface area contributed by atoms with E-state index in [9.17, 15) is 0 Å². The number of hydrogen-bond donors (Lipinski definition) is 1. The second-order valence-corrected chi connectivity index (χ2v) is 5.70. The molecule has 14 heavy (non-hydrogen) atoms. The quantitative estimate of drug-likeness (QED) is 0.852. The zero-order valence-corrected chi connectivity index (χ0v) is 9.46. The van der Waals surface area contributed by atoms with Gasteiger partial charge in [0.2, 0.25) is 0 Å². The van der Waals surface area contributed by atoms with E-state index < -0.39 is 0 Å². The van der Waals surface area contributed by atoms with Crippen molar-refractivity contribution in [2.24, 2.45) is 5.73 Å². The average Bonchev–Trinajstić information content (AvgIpc) is 2.67. The molecule has 0 atom stereocenters. The Kier molecular flexibility index (Phi) is 1.90. The summed E-state index contributed by atoms with van der Waals surface area (Å²) >= 11 is 3.42. The van der Waals surface area contributed by atoms with Gasteiger partial charge in [0.15, 0.2) is 0 Å². The Bertz CT molecular complexity index is 448. The van der Waals surface area contributed by atoms with E-state index in [1.54, 1.807) is 22.9 Å². The third kappa shape index (κ3) is 1.02. The van der Waals surface area contributed by atoms with Crippen LogP contribution < -0.4 is 5.73 Å². The fourth-order valence-electron chi connectivity index (χ4n) is 2.16. The van der Waals surface area contributed by atoms with Crippen molar-refractivity contribution in [1.29, 1.82) is 0 Å². The maximum absolute atomic E-state index is 5.89. The van der Waals surface area contributed by atoms with Crippen LogP contribution in [-0.2, 0) is 5.41 Å². The van der Waals surface area contributed by atoms with Crippen LogP contribution in [0.5, 0.6) is 0 Å². The van der Waals surface area contributed by atoms with Gasteiger partial charge in [0, 0.05) is 12.0 Å². The van der Waals surface area contributed by atoms with Gasteiger partial charge >= 0.3 is 0 Å². The minimum absolute atomic E-state index is 0.225. The molecule has 2 heterocycles. The van der Waals surface area contributed by atoms with Crippen LogP contribution in [0.25, 0.3) is 9.40 Å². The van der Waals surface area contributed by atoms with E-state index in [0.29, 0.717) is 0 Å². The summed E-state index contributed by atoms with van der Waals surface area (Å²) in [6, 6.07) is 2.16. The lowest BCUT2D eigenvalue weighted by atomic mass is 9.66. The molecule has 1 fully saturated rings. The molecule has 1 aliphatic carbocycles. The number of hydrogen-bond acceptors (Lipinski definition) is 4. The SMILES string of the molecule is NCC1(c2nsc3ccsc23)CCC1. The standard InChI is InChI=1S/C10H12N2S2/c11-6-10(3-1-4-10)9-8-7(14-12-9)2-5-13-8/h2,5H,1,3-4,6,11H2. The van der Waals surface area contributed by atoms with Crippen molar-refractivity contribution in [2.75, 3.05) is 6.54 Å². The molecule has 0 bridgehead atoms. The van der Waals surface area contributed by atoms with Gasteiger partial charge in [0.25, 0.3) is 0 Å². The lowest BCUT2D eigenvalue weighted by Crippen LogP contribution is -2.41. The van der Waals surface area contributed by atoms with Gasteiger partial charge in [-0.15, -0.1) is 11.3 Å². The highest BCUT2D eigenvalue weighted by Crippen LogP contribution is 2.46. The van der Waals surface area contributed by atoms with Crippen molar-refractivity contribution >= 4 is 32.3 Å². The molecule has 0 unspecified atom stereocenters. The van der Waals surface area contributed by atoms with E-state index in [0.717, 1.165) is 6.54 Å². The van der Waals surface area contributed by atoms with E-state index in [1.807, 2.05) is 0 Å². The Hall–Kier alpha value is -0.450. The summed E-state index contributed by atoms with van der Waals surface area (Å²) in [6.07, 6.45) is 3.75. The van der Waals surface area contributed by atoms with Crippen LogP contribution >= 0.6 is 22.9 Å². The Morgan fingerprint density at radius 1 is 1.50 bits per heavy atom. The minimum atomic E-state index is 0.225. The summed E-state index contributed by atoms with van der Waals surface area (Å²) in [6.45, 7) is 0.754. The molecule has 3 rings (SSSR count). The van der Waals surface area contributed by atoms with E-state index >= 15 is 0 Å². The normalized spacial score (nSPS) is 19.8. The van der Waals surface area contributed by atoms with Crippen molar-refractivity contribution in [3.63, 3.8) is 0 Å². The van der Waals surface area contributed by atoms with Crippen molar-refractivity contribution in [3.05, 3.63) is 17.1 Å². The lowest BCUT2D eigenvalue weighted by Gasteiger charge is -2.39. The summed E-state index contributed by atoms with van der Waals surface area (Å²) in [5, 5.41) is 2.15. The topological polar surface area (TPSA) is 38.9 Å². The van der Waals surface area contributed by atoms with E-state index in [2.05, 4.69) is 15.8 Å². The van der Waals surface area contributed by atoms with Crippen molar-refractivity contribution < 1.29 is 0 Å². The summed E-state index contributed by atoms with van der Waals surface area (Å²) in [4.78, 5) is 0. The van der Waals surface area contributed by atoms with Gasteiger partial charge in [-0.2, -0.15) is 4.37 Å². The summed E-state index contributed by atoms with van der Waals surface area (Å²) in [7, 11) is 0. The van der Waals surface area contributed by atoms with E-state index in [1.165, 1.54) is 34.4 Å². The van der Waals surface area contributed by atoms with Crippen LogP contribution in [0.4, 0.5) is 0 Å². The smallest absolute Gasteiger partial charge is 0.0794 e. The molecule has 4 heteroatoms. The van der Waals surface area contributed by atoms with Gasteiger partial charge in [-0.05, 0) is 35.8 Å². The number of rotatable bonds is 2. The predicted octanol–water partition coefficient (Wildman–Crippen LogP) is 2.74. The van der Waals surface area contributed by atoms with Crippen molar-refractivity contribution in [2.45, 2.75) is 24.7 Å². The fraction of sp³-hybridized carbons (Fsp3) is 0.500. The maximum Gasteiger partial charge on any atom is 0.0794 e. The average molecular weight is 224 g/mol. The molecule has 2 N–H and O–H groups in total. The van der Waals surface area contributed by atoms with Crippen molar-refractivity contribution in [3.8, 4) is 0 Å². The maximum atomic E-state index is 5.89. The second kappa shape index (κ2) is 3.02. The van der Waals surface area contributed by atoms with Gasteiger partial charge in [-0.1, -0.05) is 6.42 Å². The lowest BCUT2D eigenvalue weighted by molar-refractivity contribution is 0.250. The summed E-state index contributed by atoms with van der Waals surface area (Å²) < 4.78 is 7.29. The first kappa shape index (κ1) is 8.83.